The van der Waals surface area contributed by atoms with Gasteiger partial charge in [0.25, 0.3) is 0 Å². The lowest BCUT2D eigenvalue weighted by Gasteiger charge is -2.41. The maximum atomic E-state index is 14.0. The van der Waals surface area contributed by atoms with Gasteiger partial charge in [-0.1, -0.05) is 41.2 Å². The predicted molar refractivity (Wildman–Crippen MR) is 140 cm³/mol. The van der Waals surface area contributed by atoms with Gasteiger partial charge in [0.05, 0.1) is 13.0 Å². The van der Waals surface area contributed by atoms with E-state index in [9.17, 15) is 24.0 Å². The minimum absolute atomic E-state index is 0. The summed E-state index contributed by atoms with van der Waals surface area (Å²) < 4.78 is 5.55. The molecule has 202 valence electrons. The van der Waals surface area contributed by atoms with E-state index in [1.165, 1.54) is 27.8 Å². The lowest BCUT2D eigenvalue weighted by atomic mass is 9.98. The molecule has 1 unspecified atom stereocenters. The third-order valence-electron chi connectivity index (χ3n) is 6.47. The van der Waals surface area contributed by atoms with Crippen molar-refractivity contribution in [1.82, 2.24) is 16.0 Å². The average Bonchev–Trinajstić information content (AvgIpc) is 2.80. The van der Waals surface area contributed by atoms with Crippen LogP contribution in [0.5, 0.6) is 0 Å². The number of nitrogens with one attached hydrogen (secondary N) is 3. The van der Waals surface area contributed by atoms with E-state index in [0.717, 1.165) is 0 Å². The molecule has 4 saturated heterocycles. The van der Waals surface area contributed by atoms with Crippen LogP contribution in [-0.4, -0.2) is 70.0 Å². The van der Waals surface area contributed by atoms with Crippen molar-refractivity contribution in [3.8, 4) is 0 Å². The fourth-order valence-corrected chi connectivity index (χ4v) is 7.95. The normalized spacial score (nSPS) is 33.4. The molecule has 0 aromatic carbocycles. The maximum absolute atomic E-state index is 14.0. The highest BCUT2D eigenvalue weighted by Crippen LogP contribution is 2.44. The van der Waals surface area contributed by atoms with Crippen LogP contribution in [0, 0.1) is 11.8 Å². The van der Waals surface area contributed by atoms with Crippen molar-refractivity contribution in [1.29, 1.82) is 0 Å². The standard InChI is InChI=1S/C23H34N4O6S2.CH4/c1-6-15-22(31)27-9-7-8-14(33-23(32)19(27)13(4)5)10-17(28)26-18(12(2)3)21(30)25-16(11-34-35-27)20(29)24-15;/h6,12-14,16,18-19H,7-11H2,1-5H3,(H2-,24,25,26,28,29,30);1H4/p+1/b15-6-;/t14-,16-,18-,19+,27?;/m1./s1. The number of hydrogen-bond donors (Lipinski definition) is 3. The van der Waals surface area contributed by atoms with Gasteiger partial charge in [-0.3, -0.25) is 14.4 Å². The second kappa shape index (κ2) is 12.5. The summed E-state index contributed by atoms with van der Waals surface area (Å²) in [5.74, 6) is -2.65. The van der Waals surface area contributed by atoms with E-state index in [4.69, 9.17) is 4.74 Å². The Kier molecular flexibility index (Phi) is 10.4. The predicted octanol–water partition coefficient (Wildman–Crippen LogP) is 2.06. The molecule has 0 radical (unpaired) electrons. The summed E-state index contributed by atoms with van der Waals surface area (Å²) in [6.45, 7) is 9.31. The van der Waals surface area contributed by atoms with Gasteiger partial charge in [0, 0.05) is 18.1 Å². The van der Waals surface area contributed by atoms with Crippen LogP contribution in [-0.2, 0) is 28.7 Å². The number of nitrogens with zero attached hydrogens (tertiary/aromatic N) is 1. The summed E-state index contributed by atoms with van der Waals surface area (Å²) in [5, 5.41) is 8.20. The Morgan fingerprint density at radius 1 is 1.03 bits per heavy atom. The molecule has 12 heteroatoms. The lowest BCUT2D eigenvalue weighted by molar-refractivity contribution is -0.739. The second-order valence-electron chi connectivity index (χ2n) is 9.82. The number of ether oxygens (including phenoxy) is 1. The number of hydrogen-bond acceptors (Lipinski definition) is 8. The number of fused-ring (bicyclic) bond motifs is 9. The molecule has 4 aliphatic heterocycles. The Labute approximate surface area is 221 Å². The smallest absolute Gasteiger partial charge is 0.374 e. The number of rotatable bonds is 2. The molecule has 0 saturated carbocycles. The molecule has 36 heavy (non-hydrogen) atoms. The van der Waals surface area contributed by atoms with Crippen molar-refractivity contribution in [2.24, 2.45) is 11.8 Å². The molecular formula is C24H39N4O6S2+. The molecule has 0 aromatic heterocycles. The van der Waals surface area contributed by atoms with Crippen molar-refractivity contribution in [3.63, 3.8) is 0 Å². The van der Waals surface area contributed by atoms with Crippen molar-refractivity contribution >= 4 is 51.4 Å². The number of carbonyl (C=O) groups is 5. The SMILES string of the molecule is C.C/C=C1\NC(=O)[C@H]2CSS[N+]3(CCC[C@H](CC(=O)N[C@H](C(C)C)C(=O)N2)OC(=O)[C@@H]3C(C)C)C1=O. The molecule has 4 amide bonds. The van der Waals surface area contributed by atoms with Crippen LogP contribution in [0.15, 0.2) is 11.8 Å². The van der Waals surface area contributed by atoms with Crippen LogP contribution in [0.25, 0.3) is 0 Å². The zero-order valence-corrected chi connectivity index (χ0v) is 22.4. The number of carbonyl (C=O) groups excluding carboxylic acids is 5. The van der Waals surface area contributed by atoms with Crippen molar-refractivity contribution in [3.05, 3.63) is 11.8 Å². The Bertz CT molecular complexity index is 924. The van der Waals surface area contributed by atoms with Crippen LogP contribution in [0.2, 0.25) is 0 Å². The van der Waals surface area contributed by atoms with Gasteiger partial charge in [-0.2, -0.15) is 3.89 Å². The summed E-state index contributed by atoms with van der Waals surface area (Å²) >= 11 is 0. The lowest BCUT2D eigenvalue weighted by Crippen LogP contribution is -2.63. The monoisotopic (exact) mass is 543 g/mol. The van der Waals surface area contributed by atoms with E-state index in [1.807, 2.05) is 13.8 Å². The first-order valence-corrected chi connectivity index (χ1v) is 14.3. The second-order valence-corrected chi connectivity index (χ2v) is 12.3. The highest BCUT2D eigenvalue weighted by atomic mass is 33.1. The summed E-state index contributed by atoms with van der Waals surface area (Å²) in [4.78, 5) is 66.6. The summed E-state index contributed by atoms with van der Waals surface area (Å²) in [6, 6.07) is -2.64. The van der Waals surface area contributed by atoms with Gasteiger partial charge >= 0.3 is 11.9 Å². The number of quaternary nitrogens is 1. The van der Waals surface area contributed by atoms with Gasteiger partial charge < -0.3 is 20.7 Å². The highest BCUT2D eigenvalue weighted by molar-refractivity contribution is 8.74. The van der Waals surface area contributed by atoms with Crippen molar-refractivity contribution in [2.45, 2.75) is 85.5 Å². The van der Waals surface area contributed by atoms with Gasteiger partial charge in [-0.15, -0.1) is 0 Å². The fraction of sp³-hybridized carbons (Fsp3) is 0.708. The zero-order valence-electron chi connectivity index (χ0n) is 20.8. The Balaban J connectivity index is 0.00000456. The Hall–Kier alpha value is -2.05. The molecular weight excluding hydrogens is 504 g/mol. The van der Waals surface area contributed by atoms with Crippen molar-refractivity contribution < 1.29 is 32.6 Å². The molecule has 4 aliphatic rings. The van der Waals surface area contributed by atoms with Gasteiger partial charge in [0.2, 0.25) is 23.8 Å². The van der Waals surface area contributed by atoms with E-state index >= 15 is 0 Å². The maximum Gasteiger partial charge on any atom is 0.374 e. The molecule has 3 N–H and O–H groups in total. The first-order chi connectivity index (χ1) is 16.5. The molecule has 4 fully saturated rings. The number of allylic oxidation sites excluding steroid dienone is 1. The van der Waals surface area contributed by atoms with Crippen LogP contribution in [0.3, 0.4) is 0 Å². The fourth-order valence-electron chi connectivity index (χ4n) is 4.68. The minimum Gasteiger partial charge on any atom is -0.457 e. The van der Waals surface area contributed by atoms with E-state index in [2.05, 4.69) is 16.0 Å². The van der Waals surface area contributed by atoms with Gasteiger partial charge in [-0.25, -0.2) is 9.59 Å². The van der Waals surface area contributed by atoms with Crippen LogP contribution >= 0.6 is 21.8 Å². The summed E-state index contributed by atoms with van der Waals surface area (Å²) in [7, 11) is 2.51. The average molecular weight is 544 g/mol. The van der Waals surface area contributed by atoms with Crippen molar-refractivity contribution in [2.75, 3.05) is 12.3 Å². The molecule has 1 spiro atoms. The Morgan fingerprint density at radius 2 is 1.72 bits per heavy atom. The van der Waals surface area contributed by atoms with Crippen LogP contribution in [0.1, 0.15) is 61.3 Å². The largest absolute Gasteiger partial charge is 0.457 e. The van der Waals surface area contributed by atoms with E-state index < -0.39 is 47.9 Å². The number of esters is 1. The molecule has 0 aromatic rings. The zero-order chi connectivity index (χ0) is 25.9. The Morgan fingerprint density at radius 3 is 2.33 bits per heavy atom. The first kappa shape index (κ1) is 30.2. The highest BCUT2D eigenvalue weighted by Gasteiger charge is 2.55. The minimum atomic E-state index is -0.937. The molecule has 0 aliphatic carbocycles. The first-order valence-electron chi connectivity index (χ1n) is 12.0. The van der Waals surface area contributed by atoms with E-state index in [0.29, 0.717) is 19.4 Å². The van der Waals surface area contributed by atoms with Gasteiger partial charge in [-0.05, 0) is 30.1 Å². The molecule has 5 atom stereocenters. The van der Waals surface area contributed by atoms with Crippen LogP contribution < -0.4 is 16.0 Å². The molecule has 4 rings (SSSR count). The van der Waals surface area contributed by atoms with E-state index in [1.54, 1.807) is 20.8 Å². The third kappa shape index (κ3) is 6.25. The third-order valence-corrected chi connectivity index (χ3v) is 9.41. The molecule has 4 heterocycles. The quantitative estimate of drug-likeness (QED) is 0.159. The van der Waals surface area contributed by atoms with Gasteiger partial charge in [0.1, 0.15) is 23.9 Å². The van der Waals surface area contributed by atoms with E-state index in [-0.39, 0.29) is 46.9 Å². The summed E-state index contributed by atoms with van der Waals surface area (Å²) in [5.41, 5.74) is 0.0839. The number of amides is 4. The molecule has 10 nitrogen and oxygen atoms in total. The summed E-state index contributed by atoms with van der Waals surface area (Å²) in [6.07, 6.45) is 1.74. The van der Waals surface area contributed by atoms with Gasteiger partial charge in [0.15, 0.2) is 11.0 Å². The topological polar surface area (TPSA) is 131 Å². The molecule has 3 bridgehead atoms. The van der Waals surface area contributed by atoms with Crippen LogP contribution in [0.4, 0.5) is 0 Å².